The van der Waals surface area contributed by atoms with Crippen molar-refractivity contribution in [3.63, 3.8) is 0 Å². The molecule has 1 fully saturated rings. The average Bonchev–Trinajstić information content (AvgIpc) is 3.19. The molecule has 1 N–H and O–H groups in total. The Kier molecular flexibility index (Phi) is 4.62. The van der Waals surface area contributed by atoms with E-state index in [-0.39, 0.29) is 12.5 Å². The topological polar surface area (TPSA) is 94.4 Å². The third-order valence-corrected chi connectivity index (χ3v) is 5.25. The number of nitrogens with one attached hydrogen (secondary N) is 1. The number of hydrogen-bond donors (Lipinski definition) is 1. The summed E-state index contributed by atoms with van der Waals surface area (Å²) in [7, 11) is 0. The van der Waals surface area contributed by atoms with Crippen LogP contribution in [0.25, 0.3) is 0 Å². The molecular weight excluding hydrogens is 370 g/mol. The maximum atomic E-state index is 12.9. The van der Waals surface area contributed by atoms with Gasteiger partial charge >= 0.3 is 0 Å². The van der Waals surface area contributed by atoms with E-state index in [0.717, 1.165) is 21.6 Å². The van der Waals surface area contributed by atoms with Crippen molar-refractivity contribution < 1.29 is 14.4 Å². The second-order valence-electron chi connectivity index (χ2n) is 7.39. The Labute approximate surface area is 168 Å². The molecule has 1 saturated heterocycles. The minimum atomic E-state index is -0.918. The molecule has 0 aliphatic carbocycles. The SMILES string of the molecule is Cc1ccc(N2C(=O)C3N=NN(CC(=O)Nc4ccc(C)c(C)c4)C3C2=O)cc1. The van der Waals surface area contributed by atoms with Gasteiger partial charge in [0.15, 0.2) is 12.1 Å². The normalized spacial score (nSPS) is 20.4. The van der Waals surface area contributed by atoms with Crippen LogP contribution in [0.5, 0.6) is 0 Å². The van der Waals surface area contributed by atoms with Crippen molar-refractivity contribution in [1.82, 2.24) is 5.01 Å². The maximum Gasteiger partial charge on any atom is 0.263 e. The van der Waals surface area contributed by atoms with Gasteiger partial charge in [-0.25, -0.2) is 4.90 Å². The van der Waals surface area contributed by atoms with E-state index in [4.69, 9.17) is 0 Å². The quantitative estimate of drug-likeness (QED) is 0.811. The molecule has 2 aromatic rings. The first-order valence-corrected chi connectivity index (χ1v) is 9.34. The van der Waals surface area contributed by atoms with E-state index in [0.29, 0.717) is 11.4 Å². The van der Waals surface area contributed by atoms with Crippen LogP contribution in [0.15, 0.2) is 52.8 Å². The standard InChI is InChI=1S/C21H21N5O3/c1-12-4-8-16(9-5-12)26-20(28)18-19(21(26)29)25(24-23-18)11-17(27)22-15-7-6-13(2)14(3)10-15/h4-10,18-19H,11H2,1-3H3,(H,22,27). The number of carbonyl (C=O) groups is 3. The lowest BCUT2D eigenvalue weighted by Crippen LogP contribution is -2.43. The van der Waals surface area contributed by atoms with Gasteiger partial charge in [-0.05, 0) is 56.2 Å². The number of hydrogen-bond acceptors (Lipinski definition) is 6. The molecule has 0 aromatic heterocycles. The number of nitrogens with zero attached hydrogens (tertiary/aromatic N) is 4. The maximum absolute atomic E-state index is 12.9. The number of imide groups is 1. The first-order valence-electron chi connectivity index (χ1n) is 9.34. The van der Waals surface area contributed by atoms with Crippen molar-refractivity contribution in [1.29, 1.82) is 0 Å². The van der Waals surface area contributed by atoms with Crippen LogP contribution in [0.4, 0.5) is 11.4 Å². The zero-order valence-electron chi connectivity index (χ0n) is 16.4. The predicted molar refractivity (Wildman–Crippen MR) is 107 cm³/mol. The molecule has 2 aromatic carbocycles. The van der Waals surface area contributed by atoms with Gasteiger partial charge in [-0.15, -0.1) is 0 Å². The number of anilines is 2. The van der Waals surface area contributed by atoms with Gasteiger partial charge in [-0.3, -0.25) is 19.4 Å². The fourth-order valence-corrected chi connectivity index (χ4v) is 3.47. The Balaban J connectivity index is 1.48. The predicted octanol–water partition coefficient (Wildman–Crippen LogP) is 2.54. The summed E-state index contributed by atoms with van der Waals surface area (Å²) in [4.78, 5) is 39.2. The summed E-state index contributed by atoms with van der Waals surface area (Å²) in [6, 6.07) is 10.9. The van der Waals surface area contributed by atoms with Gasteiger partial charge in [0.2, 0.25) is 5.91 Å². The molecule has 2 aliphatic heterocycles. The number of fused-ring (bicyclic) bond motifs is 1. The largest absolute Gasteiger partial charge is 0.324 e. The van der Waals surface area contributed by atoms with E-state index in [1.54, 1.807) is 12.1 Å². The highest BCUT2D eigenvalue weighted by atomic mass is 16.2. The van der Waals surface area contributed by atoms with Crippen molar-refractivity contribution in [3.05, 3.63) is 59.2 Å². The highest BCUT2D eigenvalue weighted by molar-refractivity contribution is 6.25. The fraction of sp³-hybridized carbons (Fsp3) is 0.286. The molecule has 2 heterocycles. The van der Waals surface area contributed by atoms with E-state index >= 15 is 0 Å². The van der Waals surface area contributed by atoms with Crippen LogP contribution >= 0.6 is 0 Å². The van der Waals surface area contributed by atoms with Crippen molar-refractivity contribution in [2.45, 2.75) is 32.9 Å². The van der Waals surface area contributed by atoms with E-state index in [2.05, 4.69) is 15.7 Å². The highest BCUT2D eigenvalue weighted by Gasteiger charge is 2.55. The van der Waals surface area contributed by atoms with Gasteiger partial charge in [0.1, 0.15) is 6.54 Å². The number of aryl methyl sites for hydroxylation is 3. The summed E-state index contributed by atoms with van der Waals surface area (Å²) < 4.78 is 0. The molecule has 4 rings (SSSR count). The van der Waals surface area contributed by atoms with E-state index in [1.807, 2.05) is 51.1 Å². The smallest absolute Gasteiger partial charge is 0.263 e. The Morgan fingerprint density at radius 1 is 1.00 bits per heavy atom. The molecule has 8 heteroatoms. The van der Waals surface area contributed by atoms with Gasteiger partial charge < -0.3 is 5.32 Å². The number of carbonyl (C=O) groups excluding carboxylic acids is 3. The second-order valence-corrected chi connectivity index (χ2v) is 7.39. The van der Waals surface area contributed by atoms with Crippen LogP contribution in [0, 0.1) is 20.8 Å². The fourth-order valence-electron chi connectivity index (χ4n) is 3.47. The summed E-state index contributed by atoms with van der Waals surface area (Å²) in [5.41, 5.74) is 4.38. The van der Waals surface area contributed by atoms with Crippen LogP contribution in [-0.2, 0) is 14.4 Å². The third-order valence-electron chi connectivity index (χ3n) is 5.25. The lowest BCUT2D eigenvalue weighted by molar-refractivity contribution is -0.123. The van der Waals surface area contributed by atoms with Crippen LogP contribution in [0.1, 0.15) is 16.7 Å². The van der Waals surface area contributed by atoms with Gasteiger partial charge in [0, 0.05) is 5.69 Å². The molecule has 2 unspecified atom stereocenters. The molecule has 0 spiro atoms. The van der Waals surface area contributed by atoms with E-state index in [1.165, 1.54) is 5.01 Å². The van der Waals surface area contributed by atoms with Crippen LogP contribution in [0.3, 0.4) is 0 Å². The monoisotopic (exact) mass is 391 g/mol. The summed E-state index contributed by atoms with van der Waals surface area (Å²) in [5.74, 6) is -1.18. The average molecular weight is 391 g/mol. The summed E-state index contributed by atoms with van der Waals surface area (Å²) in [6.45, 7) is 5.72. The lowest BCUT2D eigenvalue weighted by Gasteiger charge is -2.20. The molecular formula is C21H21N5O3. The third kappa shape index (κ3) is 3.37. The Morgan fingerprint density at radius 3 is 2.41 bits per heavy atom. The number of rotatable bonds is 4. The van der Waals surface area contributed by atoms with Gasteiger partial charge in [0.05, 0.1) is 5.69 Å². The minimum absolute atomic E-state index is 0.168. The number of amides is 3. The van der Waals surface area contributed by atoms with Crippen molar-refractivity contribution in [3.8, 4) is 0 Å². The van der Waals surface area contributed by atoms with Crippen molar-refractivity contribution in [2.24, 2.45) is 10.3 Å². The van der Waals surface area contributed by atoms with Gasteiger partial charge in [0.25, 0.3) is 11.8 Å². The Morgan fingerprint density at radius 2 is 1.72 bits per heavy atom. The summed E-state index contributed by atoms with van der Waals surface area (Å²) in [6.07, 6.45) is 0. The Bertz CT molecular complexity index is 1030. The van der Waals surface area contributed by atoms with E-state index in [9.17, 15) is 14.4 Å². The molecule has 2 atom stereocenters. The van der Waals surface area contributed by atoms with Crippen molar-refractivity contribution >= 4 is 29.1 Å². The molecule has 2 aliphatic rings. The van der Waals surface area contributed by atoms with Gasteiger partial charge in [-0.2, -0.15) is 5.11 Å². The molecule has 3 amide bonds. The Hall–Kier alpha value is -3.55. The second kappa shape index (κ2) is 7.12. The first-order chi connectivity index (χ1) is 13.8. The van der Waals surface area contributed by atoms with Crippen LogP contribution in [-0.4, -0.2) is 41.4 Å². The molecule has 29 heavy (non-hydrogen) atoms. The van der Waals surface area contributed by atoms with E-state index < -0.39 is 23.9 Å². The summed E-state index contributed by atoms with van der Waals surface area (Å²) in [5, 5.41) is 11.9. The summed E-state index contributed by atoms with van der Waals surface area (Å²) >= 11 is 0. The molecule has 0 bridgehead atoms. The minimum Gasteiger partial charge on any atom is -0.324 e. The molecule has 8 nitrogen and oxygen atoms in total. The van der Waals surface area contributed by atoms with Crippen LogP contribution < -0.4 is 10.2 Å². The molecule has 0 radical (unpaired) electrons. The van der Waals surface area contributed by atoms with Crippen molar-refractivity contribution in [2.75, 3.05) is 16.8 Å². The molecule has 0 saturated carbocycles. The number of benzene rings is 2. The van der Waals surface area contributed by atoms with Crippen LogP contribution in [0.2, 0.25) is 0 Å². The zero-order valence-corrected chi connectivity index (χ0v) is 16.4. The zero-order chi connectivity index (χ0) is 20.7. The lowest BCUT2D eigenvalue weighted by atomic mass is 10.1. The molecule has 148 valence electrons. The van der Waals surface area contributed by atoms with Gasteiger partial charge in [-0.1, -0.05) is 29.0 Å². The highest BCUT2D eigenvalue weighted by Crippen LogP contribution is 2.31. The first kappa shape index (κ1) is 18.8.